The molecule has 1 aromatic rings. The van der Waals surface area contributed by atoms with Crippen LogP contribution in [0, 0.1) is 5.92 Å². The van der Waals surface area contributed by atoms with Crippen molar-refractivity contribution < 1.29 is 9.53 Å². The SMILES string of the molecule is CC(=O)Nc1ccc(SC2C[C@@H](C)CO2)cc1. The molecule has 17 heavy (non-hydrogen) atoms. The number of amides is 1. The molecule has 1 heterocycles. The highest BCUT2D eigenvalue weighted by Gasteiger charge is 2.22. The first-order valence-corrected chi connectivity index (χ1v) is 6.67. The molecule has 92 valence electrons. The van der Waals surface area contributed by atoms with E-state index in [0.717, 1.165) is 18.7 Å². The molecule has 0 bridgehead atoms. The first-order chi connectivity index (χ1) is 8.13. The van der Waals surface area contributed by atoms with Crippen molar-refractivity contribution in [1.82, 2.24) is 0 Å². The van der Waals surface area contributed by atoms with Crippen LogP contribution >= 0.6 is 11.8 Å². The number of nitrogens with one attached hydrogen (secondary N) is 1. The molecule has 1 fully saturated rings. The standard InChI is InChI=1S/C13H17NO2S/c1-9-7-13(16-8-9)17-12-5-3-11(4-6-12)14-10(2)15/h3-6,9,13H,7-8H2,1-2H3,(H,14,15)/t9-,13?/m1/s1. The summed E-state index contributed by atoms with van der Waals surface area (Å²) >= 11 is 1.75. The smallest absolute Gasteiger partial charge is 0.221 e. The minimum absolute atomic E-state index is 0.0432. The molecule has 1 aromatic carbocycles. The van der Waals surface area contributed by atoms with Crippen molar-refractivity contribution in [3.05, 3.63) is 24.3 Å². The van der Waals surface area contributed by atoms with Crippen molar-refractivity contribution >= 4 is 23.4 Å². The number of hydrogen-bond donors (Lipinski definition) is 1. The zero-order valence-corrected chi connectivity index (χ0v) is 10.9. The summed E-state index contributed by atoms with van der Waals surface area (Å²) in [7, 11) is 0. The van der Waals surface area contributed by atoms with Crippen LogP contribution in [0.2, 0.25) is 0 Å². The van der Waals surface area contributed by atoms with E-state index in [1.54, 1.807) is 11.8 Å². The molecule has 1 N–H and O–H groups in total. The van der Waals surface area contributed by atoms with E-state index in [0.29, 0.717) is 5.92 Å². The van der Waals surface area contributed by atoms with Gasteiger partial charge in [0.05, 0.1) is 6.61 Å². The topological polar surface area (TPSA) is 38.3 Å². The molecular weight excluding hydrogens is 234 g/mol. The largest absolute Gasteiger partial charge is 0.367 e. The van der Waals surface area contributed by atoms with E-state index in [2.05, 4.69) is 12.2 Å². The first kappa shape index (κ1) is 12.5. The fourth-order valence-corrected chi connectivity index (χ4v) is 2.96. The van der Waals surface area contributed by atoms with Crippen molar-refractivity contribution in [1.29, 1.82) is 0 Å². The molecule has 0 saturated carbocycles. The van der Waals surface area contributed by atoms with Gasteiger partial charge in [-0.1, -0.05) is 18.7 Å². The van der Waals surface area contributed by atoms with Crippen molar-refractivity contribution in [2.75, 3.05) is 11.9 Å². The molecule has 3 nitrogen and oxygen atoms in total. The molecule has 1 unspecified atom stereocenters. The molecule has 1 aliphatic heterocycles. The number of benzene rings is 1. The molecule has 1 amide bonds. The summed E-state index contributed by atoms with van der Waals surface area (Å²) in [5, 5.41) is 2.75. The lowest BCUT2D eigenvalue weighted by atomic mass is 10.2. The monoisotopic (exact) mass is 251 g/mol. The number of ether oxygens (including phenoxy) is 1. The number of hydrogen-bond acceptors (Lipinski definition) is 3. The van der Waals surface area contributed by atoms with E-state index >= 15 is 0 Å². The summed E-state index contributed by atoms with van der Waals surface area (Å²) in [5.41, 5.74) is 1.11. The minimum Gasteiger partial charge on any atom is -0.367 e. The predicted molar refractivity (Wildman–Crippen MR) is 70.1 cm³/mol. The van der Waals surface area contributed by atoms with Crippen molar-refractivity contribution in [2.45, 2.75) is 30.6 Å². The lowest BCUT2D eigenvalue weighted by Crippen LogP contribution is -2.05. The van der Waals surface area contributed by atoms with E-state index in [-0.39, 0.29) is 11.3 Å². The van der Waals surface area contributed by atoms with Gasteiger partial charge in [0.1, 0.15) is 5.44 Å². The highest BCUT2D eigenvalue weighted by atomic mass is 32.2. The van der Waals surface area contributed by atoms with E-state index in [1.165, 1.54) is 11.8 Å². The Morgan fingerprint density at radius 1 is 1.41 bits per heavy atom. The van der Waals surface area contributed by atoms with Crippen LogP contribution in [0.5, 0.6) is 0 Å². The van der Waals surface area contributed by atoms with Gasteiger partial charge >= 0.3 is 0 Å². The molecule has 1 saturated heterocycles. The Balaban J connectivity index is 1.91. The third kappa shape index (κ3) is 3.75. The highest BCUT2D eigenvalue weighted by Crippen LogP contribution is 2.33. The molecule has 1 aliphatic rings. The lowest BCUT2D eigenvalue weighted by molar-refractivity contribution is -0.114. The summed E-state index contributed by atoms with van der Waals surface area (Å²) in [5.74, 6) is 0.615. The number of anilines is 1. The minimum atomic E-state index is -0.0432. The Hall–Kier alpha value is -1.00. The second-order valence-corrected chi connectivity index (χ2v) is 5.66. The van der Waals surface area contributed by atoms with Gasteiger partial charge in [-0.3, -0.25) is 4.79 Å². The number of rotatable bonds is 3. The Bertz CT molecular complexity index is 391. The van der Waals surface area contributed by atoms with Crippen LogP contribution in [0.4, 0.5) is 5.69 Å². The third-order valence-corrected chi connectivity index (χ3v) is 3.74. The van der Waals surface area contributed by atoms with Crippen LogP contribution in [0.25, 0.3) is 0 Å². The van der Waals surface area contributed by atoms with Crippen LogP contribution in [-0.4, -0.2) is 18.0 Å². The number of carbonyl (C=O) groups is 1. The van der Waals surface area contributed by atoms with E-state index in [1.807, 2.05) is 24.3 Å². The maximum Gasteiger partial charge on any atom is 0.221 e. The zero-order chi connectivity index (χ0) is 12.3. The van der Waals surface area contributed by atoms with Crippen molar-refractivity contribution in [3.63, 3.8) is 0 Å². The summed E-state index contributed by atoms with van der Waals surface area (Å²) in [6.07, 6.45) is 1.11. The van der Waals surface area contributed by atoms with Gasteiger partial charge in [-0.05, 0) is 36.6 Å². The van der Waals surface area contributed by atoms with Crippen LogP contribution in [0.1, 0.15) is 20.3 Å². The normalized spacial score (nSPS) is 23.6. The fraction of sp³-hybridized carbons (Fsp3) is 0.462. The van der Waals surface area contributed by atoms with Gasteiger partial charge in [0, 0.05) is 17.5 Å². The molecule has 2 rings (SSSR count). The fourth-order valence-electron chi connectivity index (χ4n) is 1.79. The van der Waals surface area contributed by atoms with Crippen LogP contribution in [0.15, 0.2) is 29.2 Å². The Kier molecular flexibility index (Phi) is 4.07. The van der Waals surface area contributed by atoms with E-state index in [4.69, 9.17) is 4.74 Å². The summed E-state index contributed by atoms with van der Waals surface area (Å²) in [4.78, 5) is 12.1. The summed E-state index contributed by atoms with van der Waals surface area (Å²) in [6.45, 7) is 4.58. The molecule has 0 spiro atoms. The quantitative estimate of drug-likeness (QED) is 0.897. The van der Waals surface area contributed by atoms with Gasteiger partial charge in [-0.15, -0.1) is 0 Å². The zero-order valence-electron chi connectivity index (χ0n) is 10.1. The predicted octanol–water partition coefficient (Wildman–Crippen LogP) is 3.12. The molecule has 0 aliphatic carbocycles. The van der Waals surface area contributed by atoms with Gasteiger partial charge in [0.2, 0.25) is 5.91 Å². The van der Waals surface area contributed by atoms with E-state index in [9.17, 15) is 4.79 Å². The molecule has 0 aromatic heterocycles. The van der Waals surface area contributed by atoms with Crippen LogP contribution in [0.3, 0.4) is 0 Å². The summed E-state index contributed by atoms with van der Waals surface area (Å²) < 4.78 is 5.66. The van der Waals surface area contributed by atoms with Crippen LogP contribution < -0.4 is 5.32 Å². The van der Waals surface area contributed by atoms with Gasteiger partial charge in [-0.25, -0.2) is 0 Å². The molecule has 0 radical (unpaired) electrons. The molecule has 2 atom stereocenters. The lowest BCUT2D eigenvalue weighted by Gasteiger charge is -2.09. The van der Waals surface area contributed by atoms with Crippen molar-refractivity contribution in [2.24, 2.45) is 5.92 Å². The number of thioether (sulfide) groups is 1. The van der Waals surface area contributed by atoms with E-state index < -0.39 is 0 Å². The Morgan fingerprint density at radius 3 is 2.65 bits per heavy atom. The first-order valence-electron chi connectivity index (χ1n) is 5.79. The van der Waals surface area contributed by atoms with Crippen molar-refractivity contribution in [3.8, 4) is 0 Å². The van der Waals surface area contributed by atoms with Gasteiger partial charge in [0.15, 0.2) is 0 Å². The number of carbonyl (C=O) groups excluding carboxylic acids is 1. The Labute approximate surface area is 106 Å². The second-order valence-electron chi connectivity index (χ2n) is 4.43. The molecular formula is C13H17NO2S. The maximum absolute atomic E-state index is 10.9. The molecule has 4 heteroatoms. The summed E-state index contributed by atoms with van der Waals surface area (Å²) in [6, 6.07) is 7.87. The second kappa shape index (κ2) is 5.56. The van der Waals surface area contributed by atoms with Gasteiger partial charge in [-0.2, -0.15) is 0 Å². The average Bonchev–Trinajstić information content (AvgIpc) is 2.66. The highest BCUT2D eigenvalue weighted by molar-refractivity contribution is 7.99. The van der Waals surface area contributed by atoms with Gasteiger partial charge in [0.25, 0.3) is 0 Å². The third-order valence-electron chi connectivity index (χ3n) is 2.60. The maximum atomic E-state index is 10.9. The van der Waals surface area contributed by atoms with Gasteiger partial charge < -0.3 is 10.1 Å². The Morgan fingerprint density at radius 2 is 2.12 bits per heavy atom. The average molecular weight is 251 g/mol. The van der Waals surface area contributed by atoms with Crippen LogP contribution in [-0.2, 0) is 9.53 Å².